The van der Waals surface area contributed by atoms with E-state index in [9.17, 15) is 8.42 Å². The Balaban J connectivity index is 2.03. The Hall–Kier alpha value is -0.430. The van der Waals surface area contributed by atoms with Crippen LogP contribution < -0.4 is 10.0 Å². The van der Waals surface area contributed by atoms with E-state index in [0.29, 0.717) is 22.8 Å². The van der Waals surface area contributed by atoms with Crippen molar-refractivity contribution >= 4 is 21.4 Å². The molecule has 2 N–H and O–H groups in total. The van der Waals surface area contributed by atoms with Gasteiger partial charge in [0.05, 0.1) is 4.90 Å². The molecule has 0 amide bonds. The van der Waals surface area contributed by atoms with Crippen molar-refractivity contribution in [1.29, 1.82) is 0 Å². The van der Waals surface area contributed by atoms with Crippen LogP contribution >= 0.6 is 11.3 Å². The molecule has 1 unspecified atom stereocenters. The first-order chi connectivity index (χ1) is 9.26. The van der Waals surface area contributed by atoms with Crippen LogP contribution in [0.3, 0.4) is 0 Å². The lowest BCUT2D eigenvalue weighted by molar-refractivity contribution is 0.537. The van der Waals surface area contributed by atoms with Crippen LogP contribution in [-0.4, -0.2) is 21.5 Å². The smallest absolute Gasteiger partial charge is 0.241 e. The average molecular weight is 316 g/mol. The SMILES string of the molecule is CCNCc1cc(S(=O)(=O)NCC2CC2(C)C)c(C)s1. The van der Waals surface area contributed by atoms with Gasteiger partial charge in [-0.3, -0.25) is 0 Å². The minimum atomic E-state index is -3.37. The third kappa shape index (κ3) is 3.61. The van der Waals surface area contributed by atoms with Crippen LogP contribution in [0.25, 0.3) is 0 Å². The molecule has 20 heavy (non-hydrogen) atoms. The van der Waals surface area contributed by atoms with Gasteiger partial charge in [-0.25, -0.2) is 13.1 Å². The van der Waals surface area contributed by atoms with Gasteiger partial charge in [0.1, 0.15) is 0 Å². The minimum absolute atomic E-state index is 0.294. The standard InChI is InChI=1S/C14H24N2O2S2/c1-5-15-9-12-6-13(10(2)19-12)20(17,18)16-8-11-7-14(11,3)4/h6,11,15-16H,5,7-9H2,1-4H3. The van der Waals surface area contributed by atoms with Gasteiger partial charge in [-0.1, -0.05) is 20.8 Å². The molecule has 1 aliphatic rings. The lowest BCUT2D eigenvalue weighted by Gasteiger charge is -2.07. The second-order valence-corrected chi connectivity index (χ2v) is 9.23. The van der Waals surface area contributed by atoms with Crippen molar-refractivity contribution < 1.29 is 8.42 Å². The van der Waals surface area contributed by atoms with Crippen LogP contribution in [0.5, 0.6) is 0 Å². The zero-order valence-corrected chi connectivity index (χ0v) is 14.2. The van der Waals surface area contributed by atoms with Gasteiger partial charge in [0.15, 0.2) is 0 Å². The molecule has 0 aromatic carbocycles. The first kappa shape index (κ1) is 15.9. The molecule has 1 aromatic rings. The monoisotopic (exact) mass is 316 g/mol. The van der Waals surface area contributed by atoms with Crippen molar-refractivity contribution in [3.63, 3.8) is 0 Å². The summed E-state index contributed by atoms with van der Waals surface area (Å²) in [6.45, 7) is 10.4. The normalized spacial score (nSPS) is 21.1. The van der Waals surface area contributed by atoms with Crippen LogP contribution in [0.15, 0.2) is 11.0 Å². The zero-order chi connectivity index (χ0) is 15.0. The number of nitrogens with one attached hydrogen (secondary N) is 2. The van der Waals surface area contributed by atoms with Crippen molar-refractivity contribution in [3.8, 4) is 0 Å². The summed E-state index contributed by atoms with van der Waals surface area (Å²) in [6.07, 6.45) is 1.10. The van der Waals surface area contributed by atoms with Crippen LogP contribution in [0.2, 0.25) is 0 Å². The third-order valence-corrected chi connectivity index (χ3v) is 6.73. The molecule has 114 valence electrons. The van der Waals surface area contributed by atoms with Gasteiger partial charge in [0, 0.05) is 22.8 Å². The van der Waals surface area contributed by atoms with Crippen LogP contribution in [0, 0.1) is 18.3 Å². The molecule has 1 aromatic heterocycles. The molecule has 2 rings (SSSR count). The van der Waals surface area contributed by atoms with Gasteiger partial charge in [-0.05, 0) is 37.3 Å². The van der Waals surface area contributed by atoms with Crippen LogP contribution in [0.1, 0.15) is 36.9 Å². The van der Waals surface area contributed by atoms with Gasteiger partial charge in [-0.15, -0.1) is 11.3 Å². The molecule has 0 aliphatic heterocycles. The maximum Gasteiger partial charge on any atom is 0.241 e. The van der Waals surface area contributed by atoms with Crippen LogP contribution in [-0.2, 0) is 16.6 Å². The predicted molar refractivity (Wildman–Crippen MR) is 83.5 cm³/mol. The summed E-state index contributed by atoms with van der Waals surface area (Å²) in [5.74, 6) is 0.470. The van der Waals surface area contributed by atoms with Gasteiger partial charge in [0.2, 0.25) is 10.0 Å². The fourth-order valence-corrected chi connectivity index (χ4v) is 5.02. The Morgan fingerprint density at radius 3 is 2.65 bits per heavy atom. The topological polar surface area (TPSA) is 58.2 Å². The molecule has 1 heterocycles. The highest BCUT2D eigenvalue weighted by atomic mass is 32.2. The lowest BCUT2D eigenvalue weighted by Crippen LogP contribution is -2.27. The molecule has 0 radical (unpaired) electrons. The molecule has 4 nitrogen and oxygen atoms in total. The summed E-state index contributed by atoms with van der Waals surface area (Å²) in [6, 6.07) is 1.79. The first-order valence-corrected chi connectivity index (χ1v) is 9.36. The molecule has 1 saturated carbocycles. The fraction of sp³-hybridized carbons (Fsp3) is 0.714. The Kier molecular flexibility index (Phi) is 4.59. The largest absolute Gasteiger partial charge is 0.312 e. The summed E-state index contributed by atoms with van der Waals surface area (Å²) in [4.78, 5) is 2.37. The Bertz CT molecular complexity index is 576. The van der Waals surface area contributed by atoms with Crippen molar-refractivity contribution in [2.24, 2.45) is 11.3 Å². The highest BCUT2D eigenvalue weighted by molar-refractivity contribution is 7.89. The Morgan fingerprint density at radius 2 is 2.10 bits per heavy atom. The molecule has 1 fully saturated rings. The van der Waals surface area contributed by atoms with E-state index in [1.807, 2.05) is 13.8 Å². The van der Waals surface area contributed by atoms with Crippen molar-refractivity contribution in [3.05, 3.63) is 15.8 Å². The molecule has 0 saturated heterocycles. The summed E-state index contributed by atoms with van der Waals surface area (Å²) in [7, 11) is -3.37. The number of hydrogen-bond donors (Lipinski definition) is 2. The maximum absolute atomic E-state index is 12.4. The maximum atomic E-state index is 12.4. The van der Waals surface area contributed by atoms with Crippen molar-refractivity contribution in [1.82, 2.24) is 10.0 Å². The number of hydrogen-bond acceptors (Lipinski definition) is 4. The highest BCUT2D eigenvalue weighted by Gasteiger charge is 2.45. The van der Waals surface area contributed by atoms with E-state index in [4.69, 9.17) is 0 Å². The predicted octanol–water partition coefficient (Wildman–Crippen LogP) is 2.49. The highest BCUT2D eigenvalue weighted by Crippen LogP contribution is 2.51. The van der Waals surface area contributed by atoms with Crippen molar-refractivity contribution in [2.45, 2.75) is 45.6 Å². The number of rotatable bonds is 7. The Labute approximate surface area is 126 Å². The van der Waals surface area contributed by atoms with Crippen LogP contribution in [0.4, 0.5) is 0 Å². The molecular formula is C14H24N2O2S2. The number of aryl methyl sites for hydroxylation is 1. The van der Waals surface area contributed by atoms with E-state index in [1.54, 1.807) is 17.4 Å². The van der Waals surface area contributed by atoms with E-state index in [-0.39, 0.29) is 0 Å². The second kappa shape index (κ2) is 5.75. The van der Waals surface area contributed by atoms with E-state index in [0.717, 1.165) is 29.3 Å². The molecule has 0 bridgehead atoms. The van der Waals surface area contributed by atoms with E-state index < -0.39 is 10.0 Å². The Morgan fingerprint density at radius 1 is 1.45 bits per heavy atom. The summed E-state index contributed by atoms with van der Waals surface area (Å²) in [5.41, 5.74) is 0.294. The molecule has 0 spiro atoms. The summed E-state index contributed by atoms with van der Waals surface area (Å²) in [5, 5.41) is 3.22. The molecule has 1 atom stereocenters. The van der Waals surface area contributed by atoms with Gasteiger partial charge in [-0.2, -0.15) is 0 Å². The summed E-state index contributed by atoms with van der Waals surface area (Å²) < 4.78 is 27.5. The van der Waals surface area contributed by atoms with E-state index in [2.05, 4.69) is 23.9 Å². The molecule has 1 aliphatic carbocycles. The fourth-order valence-electron chi connectivity index (χ4n) is 2.34. The lowest BCUT2D eigenvalue weighted by atomic mass is 10.1. The van der Waals surface area contributed by atoms with E-state index in [1.165, 1.54) is 0 Å². The van der Waals surface area contributed by atoms with Gasteiger partial charge in [0.25, 0.3) is 0 Å². The van der Waals surface area contributed by atoms with E-state index >= 15 is 0 Å². The number of thiophene rings is 1. The van der Waals surface area contributed by atoms with Crippen molar-refractivity contribution in [2.75, 3.05) is 13.1 Å². The third-order valence-electron chi connectivity index (χ3n) is 4.00. The zero-order valence-electron chi connectivity index (χ0n) is 12.6. The summed E-state index contributed by atoms with van der Waals surface area (Å²) >= 11 is 1.55. The van der Waals surface area contributed by atoms with Gasteiger partial charge < -0.3 is 5.32 Å². The average Bonchev–Trinajstić information content (AvgIpc) is 2.78. The number of sulfonamides is 1. The molecular weight excluding hydrogens is 292 g/mol. The van der Waals surface area contributed by atoms with Gasteiger partial charge >= 0.3 is 0 Å². The quantitative estimate of drug-likeness (QED) is 0.812. The first-order valence-electron chi connectivity index (χ1n) is 7.06. The second-order valence-electron chi connectivity index (χ2n) is 6.16. The minimum Gasteiger partial charge on any atom is -0.312 e. The molecule has 6 heteroatoms.